The van der Waals surface area contributed by atoms with E-state index in [0.29, 0.717) is 24.5 Å². The van der Waals surface area contributed by atoms with E-state index in [9.17, 15) is 10.4 Å². The predicted octanol–water partition coefficient (Wildman–Crippen LogP) is 2.46. The minimum atomic E-state index is -3.08. The highest BCUT2D eigenvalue weighted by atomic mass is 28.4. The van der Waals surface area contributed by atoms with Gasteiger partial charge in [0.05, 0.1) is 18.8 Å². The number of hydroxylamine groups is 3. The Hall–Kier alpha value is -1.69. The Morgan fingerprint density at radius 2 is 1.63 bits per heavy atom. The van der Waals surface area contributed by atoms with Gasteiger partial charge in [0.25, 0.3) is 0 Å². The van der Waals surface area contributed by atoms with E-state index in [4.69, 9.17) is 22.4 Å². The molecule has 2 heterocycles. The van der Waals surface area contributed by atoms with Gasteiger partial charge in [-0.25, -0.2) is 0 Å². The van der Waals surface area contributed by atoms with Gasteiger partial charge in [0.1, 0.15) is 17.4 Å². The third-order valence-electron chi connectivity index (χ3n) is 5.85. The van der Waals surface area contributed by atoms with Gasteiger partial charge in [0, 0.05) is 18.4 Å². The monoisotopic (exact) mass is 439 g/mol. The molecule has 9 nitrogen and oxygen atoms in total. The molecule has 0 aromatic heterocycles. The summed E-state index contributed by atoms with van der Waals surface area (Å²) in [6, 6.07) is 6.88. The zero-order valence-electron chi connectivity index (χ0n) is 18.5. The summed E-state index contributed by atoms with van der Waals surface area (Å²) in [5.74, 6) is 0.690. The maximum absolute atomic E-state index is 12.8. The molecule has 1 aromatic rings. The van der Waals surface area contributed by atoms with Crippen molar-refractivity contribution >= 4 is 14.9 Å². The van der Waals surface area contributed by atoms with E-state index in [1.54, 1.807) is 52.0 Å². The van der Waals surface area contributed by atoms with Crippen molar-refractivity contribution in [3.8, 4) is 5.75 Å². The van der Waals surface area contributed by atoms with Crippen LogP contribution in [0, 0.1) is 5.21 Å². The van der Waals surface area contributed by atoms with E-state index in [2.05, 4.69) is 0 Å². The van der Waals surface area contributed by atoms with Gasteiger partial charge in [0.15, 0.2) is 5.54 Å². The van der Waals surface area contributed by atoms with Crippen LogP contribution in [0.2, 0.25) is 0 Å². The normalized spacial score (nSPS) is 23.1. The van der Waals surface area contributed by atoms with Crippen LogP contribution in [-0.4, -0.2) is 68.3 Å². The van der Waals surface area contributed by atoms with Crippen LogP contribution in [0.4, 0.5) is 0 Å². The fraction of sp³-hybridized carbons (Fsp3) is 0.650. The molecule has 1 radical (unpaired) electrons. The Morgan fingerprint density at radius 3 is 2.07 bits per heavy atom. The second kappa shape index (κ2) is 8.44. The fourth-order valence-electron chi connectivity index (χ4n) is 3.33. The Labute approximate surface area is 178 Å². The number of rotatable bonds is 7. The molecule has 0 N–H and O–H groups in total. The first-order chi connectivity index (χ1) is 14.1. The number of nitrogens with zero attached hydrogens (tertiary/aromatic N) is 2. The Kier molecular flexibility index (Phi) is 6.47. The quantitative estimate of drug-likeness (QED) is 0.366. The van der Waals surface area contributed by atoms with Crippen LogP contribution in [-0.2, 0) is 22.9 Å². The maximum atomic E-state index is 12.8. The molecule has 2 aliphatic rings. The minimum Gasteiger partial charge on any atom is -0.714 e. The summed E-state index contributed by atoms with van der Waals surface area (Å²) in [5, 5.41) is 26.3. The molecule has 0 spiro atoms. The second-order valence-corrected chi connectivity index (χ2v) is 10.4. The molecule has 0 saturated carbocycles. The topological polar surface area (TPSA) is 95.4 Å². The van der Waals surface area contributed by atoms with Gasteiger partial charge in [-0.3, -0.25) is 4.74 Å². The van der Waals surface area contributed by atoms with Crippen LogP contribution in [0.5, 0.6) is 5.75 Å². The summed E-state index contributed by atoms with van der Waals surface area (Å²) < 4.78 is 29.4. The third-order valence-corrected chi connectivity index (χ3v) is 8.17. The second-order valence-electron chi connectivity index (χ2n) is 8.28. The van der Waals surface area contributed by atoms with Gasteiger partial charge in [0.2, 0.25) is 0 Å². The van der Waals surface area contributed by atoms with Crippen molar-refractivity contribution < 1.29 is 32.4 Å². The van der Waals surface area contributed by atoms with E-state index in [-0.39, 0.29) is 25.2 Å². The van der Waals surface area contributed by atoms with Crippen molar-refractivity contribution in [3.63, 3.8) is 0 Å². The van der Waals surface area contributed by atoms with Crippen LogP contribution < -0.4 is 4.74 Å². The molecule has 0 atom stereocenters. The molecular weight excluding hydrogens is 408 g/mol. The molecule has 2 aliphatic heterocycles. The number of benzene rings is 1. The number of amidine groups is 1. The maximum Gasteiger partial charge on any atom is 0.679 e. The van der Waals surface area contributed by atoms with Crippen molar-refractivity contribution in [1.29, 1.82) is 0 Å². The Balaban J connectivity index is 1.67. The van der Waals surface area contributed by atoms with Crippen LogP contribution in [0.1, 0.15) is 47.1 Å². The van der Waals surface area contributed by atoms with Crippen LogP contribution in [0.15, 0.2) is 24.3 Å². The van der Waals surface area contributed by atoms with Gasteiger partial charge < -0.3 is 27.6 Å². The first kappa shape index (κ1) is 23.0. The molecule has 0 aliphatic carbocycles. The van der Waals surface area contributed by atoms with Crippen molar-refractivity contribution in [2.45, 2.75) is 58.7 Å². The lowest BCUT2D eigenvalue weighted by Crippen LogP contribution is -2.56. The van der Waals surface area contributed by atoms with E-state index in [0.717, 1.165) is 9.80 Å². The standard InChI is InChI=1S/C20H31N2O7Si/c1-7-25-30(26-8-2)27-13-17(14-28-30)29-16-11-9-15(10-12-16)18-21(23)19(3,4)20(5,6)22(18)24/h9-12,17H,7-8,13-14H2,1-6H3. The lowest BCUT2D eigenvalue weighted by Gasteiger charge is -2.34. The summed E-state index contributed by atoms with van der Waals surface area (Å²) in [6.07, 6.45) is -0.318. The average molecular weight is 440 g/mol. The summed E-state index contributed by atoms with van der Waals surface area (Å²) in [4.78, 5) is 0. The van der Waals surface area contributed by atoms with E-state index in [1.165, 1.54) is 0 Å². The molecule has 1 fully saturated rings. The smallest absolute Gasteiger partial charge is 0.679 e. The van der Waals surface area contributed by atoms with Crippen LogP contribution in [0.25, 0.3) is 0 Å². The first-order valence-electron chi connectivity index (χ1n) is 10.2. The van der Waals surface area contributed by atoms with Crippen molar-refractivity contribution in [2.75, 3.05) is 26.4 Å². The van der Waals surface area contributed by atoms with Crippen molar-refractivity contribution in [1.82, 2.24) is 5.06 Å². The van der Waals surface area contributed by atoms with Gasteiger partial charge in [-0.05, 0) is 65.8 Å². The lowest BCUT2D eigenvalue weighted by atomic mass is 9.84. The van der Waals surface area contributed by atoms with Crippen LogP contribution in [0.3, 0.4) is 0 Å². The highest BCUT2D eigenvalue weighted by molar-refractivity contribution is 6.53. The largest absolute Gasteiger partial charge is 0.714 e. The number of hydrogen-bond donors (Lipinski definition) is 0. The van der Waals surface area contributed by atoms with E-state index in [1.807, 2.05) is 13.8 Å². The molecule has 0 unspecified atom stereocenters. The molecule has 1 saturated heterocycles. The first-order valence-corrected chi connectivity index (χ1v) is 11.9. The van der Waals surface area contributed by atoms with E-state index >= 15 is 0 Å². The molecule has 3 rings (SSSR count). The minimum absolute atomic E-state index is 0.102. The molecule has 1 aromatic carbocycles. The summed E-state index contributed by atoms with van der Waals surface area (Å²) in [5.41, 5.74) is -1.16. The summed E-state index contributed by atoms with van der Waals surface area (Å²) in [7, 11) is -3.08. The fourth-order valence-corrected chi connectivity index (χ4v) is 5.32. The van der Waals surface area contributed by atoms with Crippen molar-refractivity contribution in [2.24, 2.45) is 0 Å². The SMILES string of the molecule is CCO[Si]1(OCC)OCC(Oc2ccc(C3=[N+]([O-])C(C)(C)C(C)(C)N3[O])cc2)CO1. The van der Waals surface area contributed by atoms with Crippen molar-refractivity contribution in [3.05, 3.63) is 35.0 Å². The Bertz CT molecular complexity index is 766. The number of ether oxygens (including phenoxy) is 1. The Morgan fingerprint density at radius 1 is 1.10 bits per heavy atom. The van der Waals surface area contributed by atoms with Gasteiger partial charge in [-0.1, -0.05) is 5.06 Å². The summed E-state index contributed by atoms with van der Waals surface area (Å²) >= 11 is 0. The predicted molar refractivity (Wildman–Crippen MR) is 110 cm³/mol. The molecule has 0 bridgehead atoms. The average Bonchev–Trinajstić information content (AvgIpc) is 2.82. The van der Waals surface area contributed by atoms with Gasteiger partial charge >= 0.3 is 14.9 Å². The lowest BCUT2D eigenvalue weighted by molar-refractivity contribution is -0.539. The van der Waals surface area contributed by atoms with Crippen LogP contribution >= 0.6 is 0 Å². The van der Waals surface area contributed by atoms with Gasteiger partial charge in [-0.15, -0.1) is 0 Å². The number of hydrogen-bond acceptors (Lipinski definition) is 7. The zero-order valence-corrected chi connectivity index (χ0v) is 19.5. The molecular formula is C20H31N2O7Si. The molecule has 0 amide bonds. The molecule has 30 heavy (non-hydrogen) atoms. The van der Waals surface area contributed by atoms with E-state index < -0.39 is 20.1 Å². The molecule has 10 heteroatoms. The highest BCUT2D eigenvalue weighted by Crippen LogP contribution is 2.37. The summed E-state index contributed by atoms with van der Waals surface area (Å²) in [6.45, 7) is 12.3. The van der Waals surface area contributed by atoms with Gasteiger partial charge in [-0.2, -0.15) is 0 Å². The zero-order chi connectivity index (χ0) is 22.2. The third kappa shape index (κ3) is 3.95. The molecule has 167 valence electrons. The highest BCUT2D eigenvalue weighted by Gasteiger charge is 2.60.